The molecule has 0 aliphatic rings. The summed E-state index contributed by atoms with van der Waals surface area (Å²) in [6, 6.07) is 0. The van der Waals surface area contributed by atoms with Crippen LogP contribution in [0.3, 0.4) is 0 Å². The maximum absolute atomic E-state index is 11.6. The Morgan fingerprint density at radius 2 is 0.533 bits per heavy atom. The van der Waals surface area contributed by atoms with Crippen molar-refractivity contribution in [2.75, 3.05) is 0 Å². The average Bonchev–Trinajstić information content (AvgIpc) is 1.81. The fourth-order valence-corrected chi connectivity index (χ4v) is 0.356. The Balaban J connectivity index is 0. The molecule has 0 heterocycles. The summed E-state index contributed by atoms with van der Waals surface area (Å²) in [7, 11) is 0. The monoisotopic (exact) mass is 372 g/mol. The van der Waals surface area contributed by atoms with E-state index < -0.39 is 24.2 Å². The van der Waals surface area contributed by atoms with Crippen LogP contribution >= 0.6 is 0 Å². The van der Waals surface area contributed by atoms with Crippen molar-refractivity contribution >= 4 is 68.9 Å². The van der Waals surface area contributed by atoms with Crippen molar-refractivity contribution in [2.45, 2.75) is 24.2 Å². The van der Waals surface area contributed by atoms with E-state index in [9.17, 15) is 43.9 Å². The molecule has 0 aromatic carbocycles. The summed E-state index contributed by atoms with van der Waals surface area (Å²) in [4.78, 5) is 0. The Kier molecular flexibility index (Phi) is 6.14. The van der Waals surface area contributed by atoms with Crippen molar-refractivity contribution in [3.05, 3.63) is 0 Å². The minimum absolute atomic E-state index is 0. The van der Waals surface area contributed by atoms with Gasteiger partial charge in [0.15, 0.2) is 0 Å². The van der Waals surface area contributed by atoms with Gasteiger partial charge in [-0.05, 0) is 0 Å². The van der Waals surface area contributed by atoms with Crippen LogP contribution in [-0.4, -0.2) is 93.1 Å². The van der Waals surface area contributed by atoms with Gasteiger partial charge >= 0.3 is 93.1 Å². The standard InChI is InChI=1S/C4F10.Cs.H/c5-1(6,3(9,10)11)2(7,8)4(12,13)14;;. The Labute approximate surface area is 135 Å². The molecule has 0 rings (SSSR count). The van der Waals surface area contributed by atoms with Crippen LogP contribution in [0.4, 0.5) is 43.9 Å². The van der Waals surface area contributed by atoms with Gasteiger partial charge in [-0.15, -0.1) is 0 Å². The Morgan fingerprint density at radius 1 is 0.400 bits per heavy atom. The van der Waals surface area contributed by atoms with Gasteiger partial charge in [0, 0.05) is 0 Å². The third-order valence-electron chi connectivity index (χ3n) is 1.11. The van der Waals surface area contributed by atoms with E-state index in [0.717, 1.165) is 0 Å². The number of hydrogen-bond donors (Lipinski definition) is 0. The predicted octanol–water partition coefficient (Wildman–Crippen LogP) is 2.73. The summed E-state index contributed by atoms with van der Waals surface area (Å²) < 4.78 is 113. The molecule has 0 bridgehead atoms. The molecule has 0 unspecified atom stereocenters. The molecule has 0 aliphatic heterocycles. The Hall–Kier alpha value is 1.35. The van der Waals surface area contributed by atoms with Gasteiger partial charge in [0.2, 0.25) is 0 Å². The van der Waals surface area contributed by atoms with E-state index in [2.05, 4.69) is 0 Å². The van der Waals surface area contributed by atoms with Crippen LogP contribution < -0.4 is 0 Å². The molecule has 0 N–H and O–H groups in total. The van der Waals surface area contributed by atoms with E-state index in [1.165, 1.54) is 0 Å². The molecule has 0 saturated heterocycles. The molecule has 0 amide bonds. The molecule has 0 nitrogen and oxygen atoms in total. The van der Waals surface area contributed by atoms with E-state index in [1.54, 1.807) is 0 Å². The van der Waals surface area contributed by atoms with Crippen LogP contribution in [0.1, 0.15) is 0 Å². The molecule has 0 saturated carbocycles. The molecule has 0 spiro atoms. The van der Waals surface area contributed by atoms with Gasteiger partial charge in [0.05, 0.1) is 0 Å². The van der Waals surface area contributed by atoms with E-state index in [1.807, 2.05) is 0 Å². The van der Waals surface area contributed by atoms with E-state index in [-0.39, 0.29) is 68.9 Å². The second-order valence-corrected chi connectivity index (χ2v) is 2.14. The van der Waals surface area contributed by atoms with Crippen LogP contribution in [0.15, 0.2) is 0 Å². The maximum atomic E-state index is 11.6. The second-order valence-electron chi connectivity index (χ2n) is 2.14. The molecule has 0 aromatic heterocycles. The number of hydrogen-bond acceptors (Lipinski definition) is 0. The van der Waals surface area contributed by atoms with Crippen LogP contribution in [-0.2, 0) is 0 Å². The minimum atomic E-state index is -7.14. The number of rotatable bonds is 1. The van der Waals surface area contributed by atoms with Gasteiger partial charge < -0.3 is 0 Å². The fourth-order valence-electron chi connectivity index (χ4n) is 0.356. The normalized spacial score (nSPS) is 14.8. The zero-order valence-electron chi connectivity index (χ0n) is 5.78. The molecular formula is C4HCsF10. The van der Waals surface area contributed by atoms with Crippen LogP contribution in [0, 0.1) is 0 Å². The summed E-state index contributed by atoms with van der Waals surface area (Å²) in [6.07, 6.45) is -13.9. The van der Waals surface area contributed by atoms with E-state index >= 15 is 0 Å². The number of halogens is 10. The molecular weight excluding hydrogens is 371 g/mol. The first-order chi connectivity index (χ1) is 5.75. The molecule has 0 atom stereocenters. The summed E-state index contributed by atoms with van der Waals surface area (Å²) in [6.45, 7) is 0. The molecule has 0 radical (unpaired) electrons. The second kappa shape index (κ2) is 4.92. The Morgan fingerprint density at radius 3 is 0.600 bits per heavy atom. The summed E-state index contributed by atoms with van der Waals surface area (Å²) in [5.74, 6) is -14.3. The van der Waals surface area contributed by atoms with Gasteiger partial charge in [-0.1, -0.05) is 0 Å². The predicted molar refractivity (Wildman–Crippen MR) is 29.2 cm³/mol. The average molecular weight is 372 g/mol. The van der Waals surface area contributed by atoms with Crippen LogP contribution in [0.5, 0.6) is 0 Å². The first kappa shape index (κ1) is 18.7. The summed E-state index contributed by atoms with van der Waals surface area (Å²) >= 11 is 0. The zero-order valence-corrected chi connectivity index (χ0v) is 5.78. The summed E-state index contributed by atoms with van der Waals surface area (Å²) in [5.41, 5.74) is 0. The first-order valence-electron chi connectivity index (χ1n) is 2.64. The van der Waals surface area contributed by atoms with Crippen molar-refractivity contribution in [1.29, 1.82) is 0 Å². The quantitative estimate of drug-likeness (QED) is 0.622. The molecule has 15 heavy (non-hydrogen) atoms. The fraction of sp³-hybridized carbons (Fsp3) is 1.00. The molecule has 0 fully saturated rings. The van der Waals surface area contributed by atoms with Crippen molar-refractivity contribution in [3.8, 4) is 0 Å². The van der Waals surface area contributed by atoms with Gasteiger partial charge in [0.1, 0.15) is 0 Å². The first-order valence-corrected chi connectivity index (χ1v) is 2.64. The summed E-state index contributed by atoms with van der Waals surface area (Å²) in [5, 5.41) is 0. The van der Waals surface area contributed by atoms with Gasteiger partial charge in [-0.3, -0.25) is 0 Å². The number of alkyl halides is 10. The van der Waals surface area contributed by atoms with E-state index in [4.69, 9.17) is 0 Å². The van der Waals surface area contributed by atoms with E-state index in [0.29, 0.717) is 0 Å². The van der Waals surface area contributed by atoms with Gasteiger partial charge in [-0.25, -0.2) is 0 Å². The van der Waals surface area contributed by atoms with Crippen LogP contribution in [0.25, 0.3) is 0 Å². The Bertz CT molecular complexity index is 186. The van der Waals surface area contributed by atoms with Crippen molar-refractivity contribution in [2.24, 2.45) is 0 Å². The van der Waals surface area contributed by atoms with Crippen molar-refractivity contribution in [3.63, 3.8) is 0 Å². The van der Waals surface area contributed by atoms with Crippen molar-refractivity contribution in [1.82, 2.24) is 0 Å². The molecule has 88 valence electrons. The SMILES string of the molecule is FC(F)(F)C(F)(F)C(F)(F)C(F)(F)F.[CsH]. The topological polar surface area (TPSA) is 0 Å². The van der Waals surface area contributed by atoms with Crippen molar-refractivity contribution < 1.29 is 43.9 Å². The molecule has 0 aromatic rings. The third-order valence-corrected chi connectivity index (χ3v) is 1.11. The molecule has 11 heteroatoms. The van der Waals surface area contributed by atoms with Gasteiger partial charge in [-0.2, -0.15) is 43.9 Å². The van der Waals surface area contributed by atoms with Gasteiger partial charge in [0.25, 0.3) is 0 Å². The third kappa shape index (κ3) is 3.40. The molecule has 0 aliphatic carbocycles. The zero-order chi connectivity index (χ0) is 12.0. The van der Waals surface area contributed by atoms with Crippen LogP contribution in [0.2, 0.25) is 0 Å².